The SMILES string of the molecule is CCN1CCN(c2ccc(CNC(=O)c3cc(Cl)ccc3F)cn2)CC1. The Morgan fingerprint density at radius 2 is 2.00 bits per heavy atom. The molecule has 26 heavy (non-hydrogen) atoms. The van der Waals surface area contributed by atoms with Crippen molar-refractivity contribution < 1.29 is 9.18 Å². The zero-order chi connectivity index (χ0) is 18.5. The maximum Gasteiger partial charge on any atom is 0.254 e. The van der Waals surface area contributed by atoms with E-state index < -0.39 is 11.7 Å². The molecule has 1 aliphatic rings. The van der Waals surface area contributed by atoms with Crippen LogP contribution in [0, 0.1) is 5.82 Å². The van der Waals surface area contributed by atoms with Crippen molar-refractivity contribution in [2.75, 3.05) is 37.6 Å². The molecule has 0 radical (unpaired) electrons. The van der Waals surface area contributed by atoms with E-state index in [1.54, 1.807) is 6.20 Å². The van der Waals surface area contributed by atoms with Crippen molar-refractivity contribution in [2.24, 2.45) is 0 Å². The minimum atomic E-state index is -0.591. The van der Waals surface area contributed by atoms with Crippen LogP contribution in [-0.2, 0) is 6.54 Å². The zero-order valence-corrected chi connectivity index (χ0v) is 15.5. The first-order chi connectivity index (χ1) is 12.6. The van der Waals surface area contributed by atoms with E-state index in [4.69, 9.17) is 11.6 Å². The summed E-state index contributed by atoms with van der Waals surface area (Å²) in [5.74, 6) is -0.145. The molecule has 1 fully saturated rings. The van der Waals surface area contributed by atoms with Gasteiger partial charge in [-0.05, 0) is 36.4 Å². The summed E-state index contributed by atoms with van der Waals surface area (Å²) in [6, 6.07) is 7.82. The van der Waals surface area contributed by atoms with E-state index in [9.17, 15) is 9.18 Å². The van der Waals surface area contributed by atoms with Gasteiger partial charge in [-0.3, -0.25) is 4.79 Å². The van der Waals surface area contributed by atoms with E-state index in [-0.39, 0.29) is 12.1 Å². The first-order valence-corrected chi connectivity index (χ1v) is 9.10. The van der Waals surface area contributed by atoms with E-state index in [1.807, 2.05) is 12.1 Å². The monoisotopic (exact) mass is 376 g/mol. The van der Waals surface area contributed by atoms with E-state index in [0.717, 1.165) is 44.1 Å². The van der Waals surface area contributed by atoms with Crippen molar-refractivity contribution in [2.45, 2.75) is 13.5 Å². The summed E-state index contributed by atoms with van der Waals surface area (Å²) < 4.78 is 13.7. The molecule has 2 heterocycles. The van der Waals surface area contributed by atoms with Gasteiger partial charge >= 0.3 is 0 Å². The Morgan fingerprint density at radius 1 is 1.23 bits per heavy atom. The molecular formula is C19H22ClFN4O. The van der Waals surface area contributed by atoms with Crippen molar-refractivity contribution >= 4 is 23.3 Å². The van der Waals surface area contributed by atoms with Crippen LogP contribution in [0.15, 0.2) is 36.5 Å². The van der Waals surface area contributed by atoms with Crippen molar-refractivity contribution in [1.29, 1.82) is 0 Å². The second kappa shape index (κ2) is 8.47. The summed E-state index contributed by atoms with van der Waals surface area (Å²) in [6.45, 7) is 7.54. The molecule has 1 aliphatic heterocycles. The lowest BCUT2D eigenvalue weighted by atomic mass is 10.2. The predicted molar refractivity (Wildman–Crippen MR) is 101 cm³/mol. The minimum Gasteiger partial charge on any atom is -0.354 e. The standard InChI is InChI=1S/C19H22ClFN4O/c1-2-24-7-9-25(10-8-24)18-6-3-14(12-22-18)13-23-19(26)16-11-15(20)4-5-17(16)21/h3-6,11-12H,2,7-10,13H2,1H3,(H,23,26). The lowest BCUT2D eigenvalue weighted by Crippen LogP contribution is -2.46. The van der Waals surface area contributed by atoms with Crippen molar-refractivity contribution in [3.63, 3.8) is 0 Å². The highest BCUT2D eigenvalue weighted by molar-refractivity contribution is 6.31. The highest BCUT2D eigenvalue weighted by atomic mass is 35.5. The summed E-state index contributed by atoms with van der Waals surface area (Å²) in [5, 5.41) is 3.02. The molecule has 3 rings (SSSR count). The number of halogens is 2. The fraction of sp³-hybridized carbons (Fsp3) is 0.368. The summed E-state index contributed by atoms with van der Waals surface area (Å²) in [5.41, 5.74) is 0.799. The summed E-state index contributed by atoms with van der Waals surface area (Å²) in [4.78, 5) is 21.3. The molecule has 138 valence electrons. The number of hydrogen-bond donors (Lipinski definition) is 1. The Labute approximate surface area is 157 Å². The molecule has 0 atom stereocenters. The number of likely N-dealkylation sites (N-methyl/N-ethyl adjacent to an activating group) is 1. The van der Waals surface area contributed by atoms with Gasteiger partial charge in [-0.25, -0.2) is 9.37 Å². The van der Waals surface area contributed by atoms with Gasteiger partial charge in [-0.15, -0.1) is 0 Å². The first kappa shape index (κ1) is 18.6. The number of amides is 1. The quantitative estimate of drug-likeness (QED) is 0.871. The van der Waals surface area contributed by atoms with Crippen LogP contribution in [0.3, 0.4) is 0 Å². The number of aromatic nitrogens is 1. The third-order valence-corrected chi connectivity index (χ3v) is 4.81. The van der Waals surface area contributed by atoms with Gasteiger partial charge in [0.05, 0.1) is 5.56 Å². The Bertz CT molecular complexity index is 761. The predicted octanol–water partition coefficient (Wildman–Crippen LogP) is 2.95. The Hall–Kier alpha value is -2.18. The Balaban J connectivity index is 1.56. The molecular weight excluding hydrogens is 355 g/mol. The molecule has 0 unspecified atom stereocenters. The van der Waals surface area contributed by atoms with Crippen LogP contribution in [0.1, 0.15) is 22.8 Å². The smallest absolute Gasteiger partial charge is 0.254 e. The summed E-state index contributed by atoms with van der Waals surface area (Å²) in [7, 11) is 0. The molecule has 5 nitrogen and oxygen atoms in total. The van der Waals surface area contributed by atoms with Crippen LogP contribution in [0.2, 0.25) is 5.02 Å². The van der Waals surface area contributed by atoms with Crippen LogP contribution in [0.5, 0.6) is 0 Å². The number of benzene rings is 1. The fourth-order valence-electron chi connectivity index (χ4n) is 2.95. The highest BCUT2D eigenvalue weighted by Gasteiger charge is 2.17. The molecule has 0 saturated carbocycles. The highest BCUT2D eigenvalue weighted by Crippen LogP contribution is 2.16. The molecule has 7 heteroatoms. The van der Waals surface area contributed by atoms with E-state index >= 15 is 0 Å². The molecule has 1 N–H and O–H groups in total. The molecule has 1 amide bonds. The maximum absolute atomic E-state index is 13.7. The maximum atomic E-state index is 13.7. The van der Waals surface area contributed by atoms with Gasteiger partial charge in [0.15, 0.2) is 0 Å². The van der Waals surface area contributed by atoms with Gasteiger partial charge in [-0.1, -0.05) is 24.6 Å². The number of rotatable bonds is 5. The summed E-state index contributed by atoms with van der Waals surface area (Å²) in [6.07, 6.45) is 1.75. The number of pyridine rings is 1. The van der Waals surface area contributed by atoms with Gasteiger partial charge in [0.2, 0.25) is 0 Å². The average molecular weight is 377 g/mol. The average Bonchev–Trinajstić information content (AvgIpc) is 2.68. The van der Waals surface area contributed by atoms with Crippen molar-refractivity contribution in [1.82, 2.24) is 15.2 Å². The molecule has 2 aromatic rings. The minimum absolute atomic E-state index is 0.0594. The number of carbonyl (C=O) groups excluding carboxylic acids is 1. The molecule has 1 aromatic carbocycles. The zero-order valence-electron chi connectivity index (χ0n) is 14.7. The van der Waals surface area contributed by atoms with E-state index in [0.29, 0.717) is 5.02 Å². The van der Waals surface area contributed by atoms with Crippen LogP contribution in [0.4, 0.5) is 10.2 Å². The van der Waals surface area contributed by atoms with Gasteiger partial charge in [0.25, 0.3) is 5.91 Å². The number of nitrogens with one attached hydrogen (secondary N) is 1. The number of anilines is 1. The largest absolute Gasteiger partial charge is 0.354 e. The molecule has 0 bridgehead atoms. The Morgan fingerprint density at radius 3 is 2.65 bits per heavy atom. The number of piperazine rings is 1. The van der Waals surface area contributed by atoms with Crippen molar-refractivity contribution in [3.05, 3.63) is 58.5 Å². The van der Waals surface area contributed by atoms with Gasteiger partial charge in [0, 0.05) is 43.9 Å². The third-order valence-electron chi connectivity index (χ3n) is 4.58. The third kappa shape index (κ3) is 4.51. The number of carbonyl (C=O) groups is 1. The van der Waals surface area contributed by atoms with Gasteiger partial charge in [0.1, 0.15) is 11.6 Å². The summed E-state index contributed by atoms with van der Waals surface area (Å²) >= 11 is 5.82. The normalized spacial score (nSPS) is 15.1. The van der Waals surface area contributed by atoms with E-state index in [1.165, 1.54) is 18.2 Å². The second-order valence-electron chi connectivity index (χ2n) is 6.25. The molecule has 1 aromatic heterocycles. The van der Waals surface area contributed by atoms with Crippen LogP contribution >= 0.6 is 11.6 Å². The number of hydrogen-bond acceptors (Lipinski definition) is 4. The fourth-order valence-corrected chi connectivity index (χ4v) is 3.12. The topological polar surface area (TPSA) is 48.5 Å². The van der Waals surface area contributed by atoms with Crippen LogP contribution < -0.4 is 10.2 Å². The van der Waals surface area contributed by atoms with Crippen molar-refractivity contribution in [3.8, 4) is 0 Å². The molecule has 1 saturated heterocycles. The molecule has 0 aliphatic carbocycles. The molecule has 0 spiro atoms. The lowest BCUT2D eigenvalue weighted by Gasteiger charge is -2.34. The van der Waals surface area contributed by atoms with Crippen LogP contribution in [-0.4, -0.2) is 48.5 Å². The van der Waals surface area contributed by atoms with Gasteiger partial charge in [-0.2, -0.15) is 0 Å². The van der Waals surface area contributed by atoms with Gasteiger partial charge < -0.3 is 15.1 Å². The Kier molecular flexibility index (Phi) is 6.06. The lowest BCUT2D eigenvalue weighted by molar-refractivity contribution is 0.0947. The van der Waals surface area contributed by atoms with Crippen LogP contribution in [0.25, 0.3) is 0 Å². The number of nitrogens with zero attached hydrogens (tertiary/aromatic N) is 3. The second-order valence-corrected chi connectivity index (χ2v) is 6.69. The first-order valence-electron chi connectivity index (χ1n) is 8.72. The van der Waals surface area contributed by atoms with E-state index in [2.05, 4.69) is 27.0 Å².